The van der Waals surface area contributed by atoms with Gasteiger partial charge in [0.05, 0.1) is 32.6 Å². The van der Waals surface area contributed by atoms with Crippen LogP contribution >= 0.6 is 0 Å². The summed E-state index contributed by atoms with van der Waals surface area (Å²) in [5.74, 6) is 0.294. The smallest absolute Gasteiger partial charge is 0.340 e. The molecule has 0 bridgehead atoms. The number of esters is 1. The highest BCUT2D eigenvalue weighted by atomic mass is 16.5. The van der Waals surface area contributed by atoms with Crippen LogP contribution in [-0.4, -0.2) is 39.8 Å². The Hall–Kier alpha value is -3.22. The van der Waals surface area contributed by atoms with Gasteiger partial charge in [0.2, 0.25) is 0 Å². The number of benzene rings is 2. The first kappa shape index (κ1) is 20.1. The number of hydrogen-bond acceptors (Lipinski definition) is 6. The molecule has 0 radical (unpaired) electrons. The van der Waals surface area contributed by atoms with Crippen LogP contribution in [0.15, 0.2) is 36.4 Å². The molecular weight excluding hydrogens is 350 g/mol. The Bertz CT molecular complexity index is 818. The predicted molar refractivity (Wildman–Crippen MR) is 101 cm³/mol. The van der Waals surface area contributed by atoms with Gasteiger partial charge >= 0.3 is 5.97 Å². The third kappa shape index (κ3) is 5.13. The third-order valence-corrected chi connectivity index (χ3v) is 3.88. The van der Waals surface area contributed by atoms with Gasteiger partial charge in [-0.25, -0.2) is 4.79 Å². The van der Waals surface area contributed by atoms with Gasteiger partial charge in [-0.3, -0.25) is 4.79 Å². The van der Waals surface area contributed by atoms with Gasteiger partial charge in [0.15, 0.2) is 18.1 Å². The Kier molecular flexibility index (Phi) is 7.05. The van der Waals surface area contributed by atoms with Crippen molar-refractivity contribution in [1.29, 1.82) is 0 Å². The van der Waals surface area contributed by atoms with Crippen LogP contribution in [0.25, 0.3) is 0 Å². The molecule has 0 fully saturated rings. The van der Waals surface area contributed by atoms with Crippen molar-refractivity contribution in [2.24, 2.45) is 0 Å². The minimum atomic E-state index is -0.609. The van der Waals surface area contributed by atoms with Gasteiger partial charge < -0.3 is 24.3 Å². The molecule has 2 aromatic carbocycles. The van der Waals surface area contributed by atoms with E-state index in [1.807, 2.05) is 25.1 Å². The number of anilines is 1. The lowest BCUT2D eigenvalue weighted by molar-refractivity contribution is -0.118. The van der Waals surface area contributed by atoms with Gasteiger partial charge in [0, 0.05) is 12.1 Å². The van der Waals surface area contributed by atoms with Crippen molar-refractivity contribution < 1.29 is 28.5 Å². The van der Waals surface area contributed by atoms with Gasteiger partial charge in [-0.2, -0.15) is 0 Å². The maximum atomic E-state index is 12.3. The van der Waals surface area contributed by atoms with E-state index < -0.39 is 11.9 Å². The molecule has 0 aliphatic heterocycles. The van der Waals surface area contributed by atoms with Crippen molar-refractivity contribution in [2.75, 3.05) is 33.3 Å². The van der Waals surface area contributed by atoms with Crippen LogP contribution in [0.3, 0.4) is 0 Å². The largest absolute Gasteiger partial charge is 0.493 e. The summed E-state index contributed by atoms with van der Waals surface area (Å²) in [5, 5.41) is 2.65. The zero-order valence-corrected chi connectivity index (χ0v) is 15.8. The molecule has 0 saturated heterocycles. The molecule has 2 rings (SSSR count). The summed E-state index contributed by atoms with van der Waals surface area (Å²) in [4.78, 5) is 24.3. The van der Waals surface area contributed by atoms with Crippen molar-refractivity contribution >= 4 is 17.6 Å². The number of carbonyl (C=O) groups is 2. The van der Waals surface area contributed by atoms with E-state index in [9.17, 15) is 9.59 Å². The summed E-state index contributed by atoms with van der Waals surface area (Å²) < 4.78 is 20.7. The highest BCUT2D eigenvalue weighted by Gasteiger charge is 2.19. The van der Waals surface area contributed by atoms with Crippen molar-refractivity contribution in [3.05, 3.63) is 47.5 Å². The molecule has 7 heteroatoms. The molecule has 2 aromatic rings. The zero-order chi connectivity index (χ0) is 19.8. The molecule has 0 atom stereocenters. The molecule has 0 aromatic heterocycles. The van der Waals surface area contributed by atoms with E-state index in [-0.39, 0.29) is 17.9 Å². The molecule has 0 spiro atoms. The van der Waals surface area contributed by atoms with Crippen LogP contribution in [-0.2, 0) is 16.0 Å². The Morgan fingerprint density at radius 2 is 1.70 bits per heavy atom. The fourth-order valence-electron chi connectivity index (χ4n) is 2.45. The summed E-state index contributed by atoms with van der Waals surface area (Å²) in [6.07, 6.45) is 0.873. The number of methoxy groups -OCH3 is 3. The topological polar surface area (TPSA) is 83.1 Å². The van der Waals surface area contributed by atoms with Crippen molar-refractivity contribution in [3.8, 4) is 17.2 Å². The van der Waals surface area contributed by atoms with E-state index in [0.29, 0.717) is 17.2 Å². The SMILES string of the molecule is CCc1cccc(OCC(=O)Nc2cc(OC)c(OC)cc2C(=O)OC)c1. The monoisotopic (exact) mass is 373 g/mol. The molecule has 0 saturated carbocycles. The highest BCUT2D eigenvalue weighted by molar-refractivity contribution is 6.02. The van der Waals surface area contributed by atoms with E-state index in [1.165, 1.54) is 33.5 Å². The summed E-state index contributed by atoms with van der Waals surface area (Å²) in [6, 6.07) is 10.5. The van der Waals surface area contributed by atoms with Crippen LogP contribution in [0.4, 0.5) is 5.69 Å². The second kappa shape index (κ2) is 9.47. The lowest BCUT2D eigenvalue weighted by Gasteiger charge is -2.15. The van der Waals surface area contributed by atoms with Crippen LogP contribution < -0.4 is 19.5 Å². The molecule has 1 amide bonds. The molecule has 144 valence electrons. The number of carbonyl (C=O) groups excluding carboxylic acids is 2. The van der Waals surface area contributed by atoms with Gasteiger partial charge in [-0.15, -0.1) is 0 Å². The van der Waals surface area contributed by atoms with Gasteiger partial charge in [0.25, 0.3) is 5.91 Å². The van der Waals surface area contributed by atoms with Crippen molar-refractivity contribution in [1.82, 2.24) is 0 Å². The number of aryl methyl sites for hydroxylation is 1. The number of nitrogens with one attached hydrogen (secondary N) is 1. The second-order valence-electron chi connectivity index (χ2n) is 5.58. The molecule has 0 heterocycles. The predicted octanol–water partition coefficient (Wildman–Crippen LogP) is 3.07. The fourth-order valence-corrected chi connectivity index (χ4v) is 2.45. The summed E-state index contributed by atoms with van der Waals surface area (Å²) >= 11 is 0. The van der Waals surface area contributed by atoms with Gasteiger partial charge in [-0.05, 0) is 24.1 Å². The number of amides is 1. The molecule has 27 heavy (non-hydrogen) atoms. The van der Waals surface area contributed by atoms with Gasteiger partial charge in [-0.1, -0.05) is 19.1 Å². The van der Waals surface area contributed by atoms with Crippen molar-refractivity contribution in [2.45, 2.75) is 13.3 Å². The molecule has 0 unspecified atom stereocenters. The van der Waals surface area contributed by atoms with E-state index in [0.717, 1.165) is 12.0 Å². The maximum absolute atomic E-state index is 12.3. The summed E-state index contributed by atoms with van der Waals surface area (Å²) in [7, 11) is 4.18. The zero-order valence-electron chi connectivity index (χ0n) is 15.8. The summed E-state index contributed by atoms with van der Waals surface area (Å²) in [6.45, 7) is 1.83. The van der Waals surface area contributed by atoms with E-state index in [4.69, 9.17) is 18.9 Å². The minimum Gasteiger partial charge on any atom is -0.493 e. The minimum absolute atomic E-state index is 0.150. The second-order valence-corrected chi connectivity index (χ2v) is 5.58. The van der Waals surface area contributed by atoms with Gasteiger partial charge in [0.1, 0.15) is 5.75 Å². The fraction of sp³-hybridized carbons (Fsp3) is 0.300. The standard InChI is InChI=1S/C20H23NO6/c1-5-13-7-6-8-14(9-13)27-12-19(22)21-16-11-18(25-3)17(24-2)10-15(16)20(23)26-4/h6-11H,5,12H2,1-4H3,(H,21,22). The summed E-state index contributed by atoms with van der Waals surface area (Å²) in [5.41, 5.74) is 1.51. The molecule has 0 aliphatic carbocycles. The lowest BCUT2D eigenvalue weighted by Crippen LogP contribution is -2.22. The van der Waals surface area contributed by atoms with E-state index in [1.54, 1.807) is 6.07 Å². The normalized spacial score (nSPS) is 10.1. The molecule has 1 N–H and O–H groups in total. The first-order chi connectivity index (χ1) is 13.0. The lowest BCUT2D eigenvalue weighted by atomic mass is 10.1. The first-order valence-corrected chi connectivity index (χ1v) is 8.38. The first-order valence-electron chi connectivity index (χ1n) is 8.38. The molecular formula is C20H23NO6. The number of rotatable bonds is 8. The van der Waals surface area contributed by atoms with E-state index >= 15 is 0 Å². The Labute approximate surface area is 158 Å². The number of ether oxygens (including phenoxy) is 4. The van der Waals surface area contributed by atoms with Crippen LogP contribution in [0, 0.1) is 0 Å². The third-order valence-electron chi connectivity index (χ3n) is 3.88. The van der Waals surface area contributed by atoms with Crippen LogP contribution in [0.1, 0.15) is 22.8 Å². The van der Waals surface area contributed by atoms with Crippen LogP contribution in [0.5, 0.6) is 17.2 Å². The molecule has 7 nitrogen and oxygen atoms in total. The van der Waals surface area contributed by atoms with Crippen molar-refractivity contribution in [3.63, 3.8) is 0 Å². The highest BCUT2D eigenvalue weighted by Crippen LogP contribution is 2.33. The average Bonchev–Trinajstić information content (AvgIpc) is 2.71. The number of hydrogen-bond donors (Lipinski definition) is 1. The Morgan fingerprint density at radius 3 is 2.33 bits per heavy atom. The van der Waals surface area contributed by atoms with E-state index in [2.05, 4.69) is 5.32 Å². The quantitative estimate of drug-likeness (QED) is 0.716. The van der Waals surface area contributed by atoms with Crippen LogP contribution in [0.2, 0.25) is 0 Å². The Morgan fingerprint density at radius 1 is 1.00 bits per heavy atom. The Balaban J connectivity index is 2.16. The maximum Gasteiger partial charge on any atom is 0.340 e. The molecule has 0 aliphatic rings. The average molecular weight is 373 g/mol.